The van der Waals surface area contributed by atoms with Crippen LogP contribution in [0.1, 0.15) is 37.7 Å². The Hall–Kier alpha value is -2.25. The zero-order chi connectivity index (χ0) is 20.9. The summed E-state index contributed by atoms with van der Waals surface area (Å²) in [4.78, 5) is 12.5. The largest absolute Gasteiger partial charge is 0.354 e. The summed E-state index contributed by atoms with van der Waals surface area (Å²) in [5, 5.41) is 2.95. The molecule has 0 spiro atoms. The molecule has 156 valence electrons. The highest BCUT2D eigenvalue weighted by Gasteiger charge is 2.34. The molecule has 0 unspecified atom stereocenters. The normalized spacial score (nSPS) is 16.5. The Bertz CT molecular complexity index is 924. The third-order valence-electron chi connectivity index (χ3n) is 5.71. The third kappa shape index (κ3) is 5.03. The van der Waals surface area contributed by atoms with E-state index < -0.39 is 15.8 Å². The fraction of sp³-hybridized carbons (Fsp3) is 0.409. The van der Waals surface area contributed by atoms with Crippen molar-refractivity contribution in [1.29, 1.82) is 0 Å². The van der Waals surface area contributed by atoms with Crippen molar-refractivity contribution >= 4 is 15.9 Å². The topological polar surface area (TPSA) is 66.5 Å². The number of nitrogens with zero attached hydrogens (tertiary/aromatic N) is 1. The molecule has 0 radical (unpaired) electrons. The summed E-state index contributed by atoms with van der Waals surface area (Å²) in [5.74, 6) is -0.859. The lowest BCUT2D eigenvalue weighted by Gasteiger charge is -2.38. The van der Waals surface area contributed by atoms with Crippen molar-refractivity contribution in [3.63, 3.8) is 0 Å². The van der Waals surface area contributed by atoms with E-state index in [9.17, 15) is 17.6 Å². The van der Waals surface area contributed by atoms with Gasteiger partial charge in [0.15, 0.2) is 0 Å². The number of carbonyl (C=O) groups is 1. The first-order valence-electron chi connectivity index (χ1n) is 9.88. The third-order valence-corrected chi connectivity index (χ3v) is 7.53. The van der Waals surface area contributed by atoms with Gasteiger partial charge in [-0.2, -0.15) is 4.31 Å². The predicted octanol–water partition coefficient (Wildman–Crippen LogP) is 3.46. The molecular formula is C22H27FN2O3S. The maximum absolute atomic E-state index is 13.1. The maximum Gasteiger partial charge on any atom is 0.243 e. The second kappa shape index (κ2) is 9.05. The van der Waals surface area contributed by atoms with Crippen LogP contribution in [-0.2, 0) is 20.2 Å². The number of amides is 1. The van der Waals surface area contributed by atoms with E-state index in [0.717, 1.165) is 42.1 Å². The van der Waals surface area contributed by atoms with Crippen LogP contribution in [0, 0.1) is 5.82 Å². The van der Waals surface area contributed by atoms with Gasteiger partial charge in [0.25, 0.3) is 0 Å². The van der Waals surface area contributed by atoms with E-state index in [1.54, 1.807) is 0 Å². The number of halogens is 1. The van der Waals surface area contributed by atoms with Gasteiger partial charge in [-0.1, -0.05) is 49.6 Å². The number of likely N-dealkylation sites (N-methyl/N-ethyl adjacent to an activating group) is 1. The van der Waals surface area contributed by atoms with Gasteiger partial charge in [0, 0.05) is 19.0 Å². The standard InChI is InChI=1S/C22H27FN2O3S/c1-25(29(27,28)20-12-10-19(23)11-13-20)16-21(26)24-17-22(14-6-3-7-15-22)18-8-4-2-5-9-18/h2,4-5,8-13H,3,6-7,14-17H2,1H3,(H,24,26). The van der Waals surface area contributed by atoms with Gasteiger partial charge in [-0.15, -0.1) is 0 Å². The molecule has 1 amide bonds. The zero-order valence-corrected chi connectivity index (χ0v) is 17.4. The minimum Gasteiger partial charge on any atom is -0.354 e. The van der Waals surface area contributed by atoms with Gasteiger partial charge in [0.2, 0.25) is 15.9 Å². The summed E-state index contributed by atoms with van der Waals surface area (Å²) in [6.45, 7) is 0.199. The van der Waals surface area contributed by atoms with E-state index >= 15 is 0 Å². The Morgan fingerprint density at radius 1 is 1.03 bits per heavy atom. The highest BCUT2D eigenvalue weighted by atomic mass is 32.2. The number of benzene rings is 2. The summed E-state index contributed by atoms with van der Waals surface area (Å²) >= 11 is 0. The summed E-state index contributed by atoms with van der Waals surface area (Å²) < 4.78 is 39.2. The monoisotopic (exact) mass is 418 g/mol. The van der Waals surface area contributed by atoms with E-state index in [2.05, 4.69) is 17.4 Å². The van der Waals surface area contributed by atoms with Crippen molar-refractivity contribution in [3.8, 4) is 0 Å². The summed E-state index contributed by atoms with van der Waals surface area (Å²) in [5.41, 5.74) is 1.11. The van der Waals surface area contributed by atoms with Gasteiger partial charge in [-0.25, -0.2) is 12.8 Å². The Morgan fingerprint density at radius 2 is 1.66 bits per heavy atom. The quantitative estimate of drug-likeness (QED) is 0.749. The number of hydrogen-bond donors (Lipinski definition) is 1. The Balaban J connectivity index is 1.65. The summed E-state index contributed by atoms with van der Waals surface area (Å²) in [7, 11) is -2.50. The molecule has 0 atom stereocenters. The molecule has 2 aromatic carbocycles. The Morgan fingerprint density at radius 3 is 2.28 bits per heavy atom. The van der Waals surface area contributed by atoms with E-state index in [0.29, 0.717) is 6.54 Å². The molecule has 0 saturated heterocycles. The van der Waals surface area contributed by atoms with Crippen molar-refractivity contribution in [2.75, 3.05) is 20.1 Å². The van der Waals surface area contributed by atoms with Crippen LogP contribution in [0.3, 0.4) is 0 Å². The van der Waals surface area contributed by atoms with Gasteiger partial charge < -0.3 is 5.32 Å². The molecule has 0 heterocycles. The molecule has 7 heteroatoms. The van der Waals surface area contributed by atoms with Crippen LogP contribution in [0.25, 0.3) is 0 Å². The number of carbonyl (C=O) groups excluding carboxylic acids is 1. The molecule has 1 aliphatic rings. The van der Waals surface area contributed by atoms with Crippen molar-refractivity contribution < 1.29 is 17.6 Å². The van der Waals surface area contributed by atoms with Crippen LogP contribution in [0.2, 0.25) is 0 Å². The lowest BCUT2D eigenvalue weighted by atomic mass is 9.69. The van der Waals surface area contributed by atoms with Crippen molar-refractivity contribution in [2.24, 2.45) is 0 Å². The van der Waals surface area contributed by atoms with Crippen LogP contribution in [0.15, 0.2) is 59.5 Å². The second-order valence-electron chi connectivity index (χ2n) is 7.70. The smallest absolute Gasteiger partial charge is 0.243 e. The second-order valence-corrected chi connectivity index (χ2v) is 9.74. The van der Waals surface area contributed by atoms with Gasteiger partial charge in [0.05, 0.1) is 11.4 Å². The minimum absolute atomic E-state index is 0.0396. The number of sulfonamides is 1. The first-order valence-corrected chi connectivity index (χ1v) is 11.3. The fourth-order valence-electron chi connectivity index (χ4n) is 3.99. The first kappa shape index (κ1) is 21.5. The number of nitrogens with one attached hydrogen (secondary N) is 1. The molecular weight excluding hydrogens is 391 g/mol. The lowest BCUT2D eigenvalue weighted by Crippen LogP contribution is -2.45. The SMILES string of the molecule is CN(CC(=O)NCC1(c2ccccc2)CCCCC1)S(=O)(=O)c1ccc(F)cc1. The van der Waals surface area contributed by atoms with E-state index in [1.807, 2.05) is 18.2 Å². The minimum atomic E-state index is -3.86. The molecule has 5 nitrogen and oxygen atoms in total. The van der Waals surface area contributed by atoms with Gasteiger partial charge >= 0.3 is 0 Å². The molecule has 0 aromatic heterocycles. The summed E-state index contributed by atoms with van der Waals surface area (Å²) in [6.07, 6.45) is 5.43. The highest BCUT2D eigenvalue weighted by molar-refractivity contribution is 7.89. The van der Waals surface area contributed by atoms with Gasteiger partial charge in [-0.05, 0) is 42.7 Å². The molecule has 2 aromatic rings. The molecule has 0 aliphatic heterocycles. The maximum atomic E-state index is 13.1. The molecule has 1 fully saturated rings. The average molecular weight is 419 g/mol. The lowest BCUT2D eigenvalue weighted by molar-refractivity contribution is -0.121. The van der Waals surface area contributed by atoms with Gasteiger partial charge in [0.1, 0.15) is 5.82 Å². The zero-order valence-electron chi connectivity index (χ0n) is 16.6. The van der Waals surface area contributed by atoms with E-state index in [1.165, 1.54) is 31.2 Å². The fourth-order valence-corrected chi connectivity index (χ4v) is 5.11. The van der Waals surface area contributed by atoms with Crippen molar-refractivity contribution in [1.82, 2.24) is 9.62 Å². The molecule has 1 saturated carbocycles. The number of rotatable bonds is 7. The highest BCUT2D eigenvalue weighted by Crippen LogP contribution is 2.38. The van der Waals surface area contributed by atoms with Crippen molar-refractivity contribution in [2.45, 2.75) is 42.4 Å². The Labute approximate surface area is 172 Å². The number of hydrogen-bond acceptors (Lipinski definition) is 3. The van der Waals surface area contributed by atoms with Crippen LogP contribution in [-0.4, -0.2) is 38.8 Å². The molecule has 29 heavy (non-hydrogen) atoms. The van der Waals surface area contributed by atoms with Crippen molar-refractivity contribution in [3.05, 3.63) is 66.0 Å². The van der Waals surface area contributed by atoms with Crippen LogP contribution >= 0.6 is 0 Å². The first-order chi connectivity index (χ1) is 13.8. The van der Waals surface area contributed by atoms with E-state index in [-0.39, 0.29) is 22.8 Å². The summed E-state index contributed by atoms with van der Waals surface area (Å²) in [6, 6.07) is 14.8. The Kier molecular flexibility index (Phi) is 6.70. The molecule has 1 N–H and O–H groups in total. The molecule has 1 aliphatic carbocycles. The van der Waals surface area contributed by atoms with Gasteiger partial charge in [-0.3, -0.25) is 4.79 Å². The van der Waals surface area contributed by atoms with E-state index in [4.69, 9.17) is 0 Å². The predicted molar refractivity (Wildman–Crippen MR) is 110 cm³/mol. The molecule has 0 bridgehead atoms. The molecule has 3 rings (SSSR count). The van der Waals surface area contributed by atoms with Crippen LogP contribution < -0.4 is 5.32 Å². The van der Waals surface area contributed by atoms with Crippen LogP contribution in [0.5, 0.6) is 0 Å². The average Bonchev–Trinajstić information content (AvgIpc) is 2.74. The van der Waals surface area contributed by atoms with Crippen LogP contribution in [0.4, 0.5) is 4.39 Å².